The molecule has 0 aromatic heterocycles. The Kier molecular flexibility index (Phi) is 7.60. The zero-order valence-electron chi connectivity index (χ0n) is 31.1. The van der Waals surface area contributed by atoms with Gasteiger partial charge in [-0.15, -0.1) is 0 Å². The fourth-order valence-electron chi connectivity index (χ4n) is 9.69. The smallest absolute Gasteiger partial charge is 0.0726 e. The van der Waals surface area contributed by atoms with Crippen LogP contribution in [-0.4, -0.2) is 0 Å². The number of rotatable bonds is 6. The van der Waals surface area contributed by atoms with E-state index >= 15 is 0 Å². The number of nitrogens with zero attached hydrogens (tertiary/aromatic N) is 1. The van der Waals surface area contributed by atoms with Crippen LogP contribution in [0, 0.1) is 0 Å². The van der Waals surface area contributed by atoms with Gasteiger partial charge in [0, 0.05) is 16.9 Å². The Bertz CT molecular complexity index is 2780. The first-order valence-electron chi connectivity index (χ1n) is 19.7. The summed E-state index contributed by atoms with van der Waals surface area (Å²) in [7, 11) is 0. The highest BCUT2D eigenvalue weighted by Crippen LogP contribution is 2.65. The van der Waals surface area contributed by atoms with E-state index in [1.165, 1.54) is 83.6 Å². The zero-order valence-corrected chi connectivity index (χ0v) is 31.1. The Morgan fingerprint density at radius 3 is 1.55 bits per heavy atom. The molecule has 0 radical (unpaired) electrons. The SMILES string of the molecule is C1=CCCC(c2ccc(N(c3ccc(-c4ccccc4)cc3)c3cccc4c3-c3ccc(-c5ccccc5)cc3C43c4ccccc4-c4ccccc43)cc2)=C1. The van der Waals surface area contributed by atoms with E-state index in [4.69, 9.17) is 0 Å². The molecule has 0 unspecified atom stereocenters. The Labute approximate surface area is 329 Å². The van der Waals surface area contributed by atoms with E-state index < -0.39 is 5.41 Å². The van der Waals surface area contributed by atoms with Gasteiger partial charge < -0.3 is 4.90 Å². The lowest BCUT2D eigenvalue weighted by Gasteiger charge is -2.32. The molecule has 0 aliphatic heterocycles. The standard InChI is InChI=1S/C55H39N/c1-4-15-38(16-5-1)41-27-32-44(33-28-41)56(45-34-29-42(30-35-45)39-17-6-2-7-18-39)53-26-14-25-51-54(53)48-36-31-43(40-19-8-3-9-20-40)37-52(48)55(51)49-23-12-10-21-46(49)47-22-11-13-24-50(47)55/h1-6,8-17,19-37H,7,18H2. The van der Waals surface area contributed by atoms with E-state index in [1.807, 2.05) is 0 Å². The van der Waals surface area contributed by atoms with Gasteiger partial charge in [-0.3, -0.25) is 0 Å². The normalized spacial score (nSPS) is 14.1. The molecule has 3 aliphatic carbocycles. The summed E-state index contributed by atoms with van der Waals surface area (Å²) in [5, 5.41) is 0. The quantitative estimate of drug-likeness (QED) is 0.166. The first-order chi connectivity index (χ1) is 27.8. The molecule has 0 saturated carbocycles. The average Bonchev–Trinajstić information content (AvgIpc) is 3.75. The molecule has 0 amide bonds. The summed E-state index contributed by atoms with van der Waals surface area (Å²) in [6.07, 6.45) is 8.86. The van der Waals surface area contributed by atoms with Gasteiger partial charge in [0.1, 0.15) is 0 Å². The van der Waals surface area contributed by atoms with Crippen LogP contribution >= 0.6 is 0 Å². The van der Waals surface area contributed by atoms with Crippen molar-refractivity contribution in [1.29, 1.82) is 0 Å². The number of hydrogen-bond acceptors (Lipinski definition) is 1. The predicted octanol–water partition coefficient (Wildman–Crippen LogP) is 14.6. The third-order valence-corrected chi connectivity index (χ3v) is 12.2. The van der Waals surface area contributed by atoms with E-state index in [1.54, 1.807) is 0 Å². The van der Waals surface area contributed by atoms with Gasteiger partial charge >= 0.3 is 0 Å². The highest BCUT2D eigenvalue weighted by Gasteiger charge is 2.52. The number of benzene rings is 8. The third-order valence-electron chi connectivity index (χ3n) is 12.2. The maximum absolute atomic E-state index is 2.48. The van der Waals surface area contributed by atoms with Crippen LogP contribution in [0.2, 0.25) is 0 Å². The zero-order chi connectivity index (χ0) is 37.1. The lowest BCUT2D eigenvalue weighted by Crippen LogP contribution is -2.26. The fraction of sp³-hybridized carbons (Fsp3) is 0.0545. The van der Waals surface area contributed by atoms with Gasteiger partial charge in [0.2, 0.25) is 0 Å². The van der Waals surface area contributed by atoms with Gasteiger partial charge in [0.25, 0.3) is 0 Å². The molecule has 8 aromatic rings. The van der Waals surface area contributed by atoms with Gasteiger partial charge in [0.05, 0.1) is 11.1 Å². The minimum Gasteiger partial charge on any atom is -0.310 e. The minimum atomic E-state index is -0.466. The molecule has 1 nitrogen and oxygen atoms in total. The van der Waals surface area contributed by atoms with Gasteiger partial charge in [-0.25, -0.2) is 0 Å². The summed E-state index contributed by atoms with van der Waals surface area (Å²) in [4.78, 5) is 2.48. The van der Waals surface area contributed by atoms with Crippen molar-refractivity contribution in [2.45, 2.75) is 18.3 Å². The highest BCUT2D eigenvalue weighted by molar-refractivity contribution is 6.02. The maximum atomic E-state index is 2.48. The largest absolute Gasteiger partial charge is 0.310 e. The maximum Gasteiger partial charge on any atom is 0.0726 e. The number of allylic oxidation sites excluding steroid dienone is 4. The monoisotopic (exact) mass is 713 g/mol. The van der Waals surface area contributed by atoms with E-state index in [9.17, 15) is 0 Å². The molecule has 56 heavy (non-hydrogen) atoms. The summed E-state index contributed by atoms with van der Waals surface area (Å²) in [5.41, 5.74) is 21.1. The van der Waals surface area contributed by atoms with Crippen LogP contribution in [0.4, 0.5) is 17.1 Å². The molecule has 3 aliphatic rings. The molecule has 1 spiro atoms. The van der Waals surface area contributed by atoms with E-state index in [2.05, 4.69) is 217 Å². The molecule has 11 rings (SSSR count). The number of anilines is 3. The molecule has 0 heterocycles. The average molecular weight is 714 g/mol. The van der Waals surface area contributed by atoms with E-state index in [0.717, 1.165) is 24.2 Å². The molecule has 0 fully saturated rings. The molecule has 1 heteroatoms. The Morgan fingerprint density at radius 1 is 0.393 bits per heavy atom. The molecular weight excluding hydrogens is 675 g/mol. The highest BCUT2D eigenvalue weighted by atomic mass is 15.1. The van der Waals surface area contributed by atoms with Crippen molar-refractivity contribution >= 4 is 22.6 Å². The summed E-state index contributed by atoms with van der Waals surface area (Å²) < 4.78 is 0. The van der Waals surface area contributed by atoms with E-state index in [-0.39, 0.29) is 0 Å². The van der Waals surface area contributed by atoms with Crippen LogP contribution in [-0.2, 0) is 5.41 Å². The van der Waals surface area contributed by atoms with Crippen LogP contribution in [0.5, 0.6) is 0 Å². The Hall–Kier alpha value is -6.96. The topological polar surface area (TPSA) is 3.24 Å². The van der Waals surface area contributed by atoms with Crippen LogP contribution in [0.3, 0.4) is 0 Å². The van der Waals surface area contributed by atoms with Crippen LogP contribution in [0.15, 0.2) is 212 Å². The molecule has 0 N–H and O–H groups in total. The fourth-order valence-corrected chi connectivity index (χ4v) is 9.69. The molecule has 8 aromatic carbocycles. The summed E-state index contributed by atoms with van der Waals surface area (Å²) in [6, 6.07) is 72.2. The summed E-state index contributed by atoms with van der Waals surface area (Å²) >= 11 is 0. The molecular formula is C55H39N. The molecule has 264 valence electrons. The second-order valence-corrected chi connectivity index (χ2v) is 15.1. The van der Waals surface area contributed by atoms with Crippen molar-refractivity contribution in [3.05, 3.63) is 240 Å². The second-order valence-electron chi connectivity index (χ2n) is 15.1. The Morgan fingerprint density at radius 2 is 0.929 bits per heavy atom. The van der Waals surface area contributed by atoms with Crippen molar-refractivity contribution in [3.8, 4) is 44.5 Å². The summed E-state index contributed by atoms with van der Waals surface area (Å²) in [5.74, 6) is 0. The van der Waals surface area contributed by atoms with Crippen molar-refractivity contribution in [2.75, 3.05) is 4.90 Å². The van der Waals surface area contributed by atoms with Gasteiger partial charge in [-0.1, -0.05) is 176 Å². The van der Waals surface area contributed by atoms with Gasteiger partial charge in [-0.05, 0) is 122 Å². The van der Waals surface area contributed by atoms with Crippen LogP contribution in [0.1, 0.15) is 40.7 Å². The van der Waals surface area contributed by atoms with Crippen molar-refractivity contribution in [3.63, 3.8) is 0 Å². The van der Waals surface area contributed by atoms with Gasteiger partial charge in [0.15, 0.2) is 0 Å². The minimum absolute atomic E-state index is 0.466. The van der Waals surface area contributed by atoms with Crippen molar-refractivity contribution < 1.29 is 0 Å². The third kappa shape index (κ3) is 4.94. The first-order valence-corrected chi connectivity index (χ1v) is 19.7. The van der Waals surface area contributed by atoms with Crippen LogP contribution in [0.25, 0.3) is 50.1 Å². The van der Waals surface area contributed by atoms with E-state index in [0.29, 0.717) is 0 Å². The molecule has 0 atom stereocenters. The van der Waals surface area contributed by atoms with Crippen molar-refractivity contribution in [2.24, 2.45) is 0 Å². The number of hydrogen-bond donors (Lipinski definition) is 0. The lowest BCUT2D eigenvalue weighted by atomic mass is 9.70. The molecule has 0 bridgehead atoms. The first kappa shape index (κ1) is 32.5. The van der Waals surface area contributed by atoms with Gasteiger partial charge in [-0.2, -0.15) is 0 Å². The van der Waals surface area contributed by atoms with Crippen molar-refractivity contribution in [1.82, 2.24) is 0 Å². The lowest BCUT2D eigenvalue weighted by molar-refractivity contribution is 0.794. The second kappa shape index (κ2) is 13.1. The summed E-state index contributed by atoms with van der Waals surface area (Å²) in [6.45, 7) is 0. The molecule has 0 saturated heterocycles. The Balaban J connectivity index is 1.17. The number of fused-ring (bicyclic) bond motifs is 10. The predicted molar refractivity (Wildman–Crippen MR) is 235 cm³/mol. The van der Waals surface area contributed by atoms with Crippen LogP contribution < -0.4 is 4.90 Å².